The van der Waals surface area contributed by atoms with Crippen molar-refractivity contribution in [2.45, 2.75) is 6.61 Å². The molecule has 0 saturated heterocycles. The molecule has 24 heavy (non-hydrogen) atoms. The Morgan fingerprint density at radius 1 is 1.29 bits per heavy atom. The molecule has 0 N–H and O–H groups in total. The van der Waals surface area contributed by atoms with Crippen molar-refractivity contribution in [2.75, 3.05) is 0 Å². The first-order chi connectivity index (χ1) is 11.4. The summed E-state index contributed by atoms with van der Waals surface area (Å²) in [5, 5.41) is 11.3. The molecule has 0 aliphatic heterocycles. The van der Waals surface area contributed by atoms with Crippen molar-refractivity contribution in [1.82, 2.24) is 9.38 Å². The minimum absolute atomic E-state index is 0.224. The van der Waals surface area contributed by atoms with Gasteiger partial charge in [-0.2, -0.15) is 0 Å². The van der Waals surface area contributed by atoms with E-state index in [2.05, 4.69) is 4.98 Å². The largest absolute Gasteiger partial charge is 0.480 e. The Kier molecular flexibility index (Phi) is 4.13. The van der Waals surface area contributed by atoms with Crippen LogP contribution in [0.2, 0.25) is 5.02 Å². The van der Waals surface area contributed by atoms with Gasteiger partial charge in [-0.15, -0.1) is 0 Å². The third kappa shape index (κ3) is 3.18. The fourth-order valence-corrected chi connectivity index (χ4v) is 2.27. The van der Waals surface area contributed by atoms with Gasteiger partial charge in [-0.1, -0.05) is 11.6 Å². The third-order valence-electron chi connectivity index (χ3n) is 3.17. The standard InChI is InChI=1S/C15H9ClFN3O4/c16-9-1-4-14-18-11(6-15(21)19(14)7-9)8-24-13-5-10(17)2-3-12(13)20(22)23/h1-7H,8H2. The molecule has 0 aliphatic carbocycles. The number of fused-ring (bicyclic) bond motifs is 1. The minimum atomic E-state index is -0.681. The van der Waals surface area contributed by atoms with Crippen molar-refractivity contribution in [3.63, 3.8) is 0 Å². The van der Waals surface area contributed by atoms with Crippen LogP contribution in [0.15, 0.2) is 47.4 Å². The molecule has 0 saturated carbocycles. The number of halogens is 2. The summed E-state index contributed by atoms with van der Waals surface area (Å²) in [6.45, 7) is -0.224. The van der Waals surface area contributed by atoms with Gasteiger partial charge in [0.25, 0.3) is 5.56 Å². The van der Waals surface area contributed by atoms with Crippen molar-refractivity contribution in [3.8, 4) is 5.75 Å². The number of nitrogens with zero attached hydrogens (tertiary/aromatic N) is 3. The van der Waals surface area contributed by atoms with Crippen LogP contribution in [-0.4, -0.2) is 14.3 Å². The van der Waals surface area contributed by atoms with Crippen LogP contribution < -0.4 is 10.3 Å². The van der Waals surface area contributed by atoms with Gasteiger partial charge in [0.1, 0.15) is 18.1 Å². The molecular formula is C15H9ClFN3O4. The summed E-state index contributed by atoms with van der Waals surface area (Å²) >= 11 is 5.82. The zero-order valence-electron chi connectivity index (χ0n) is 12.0. The summed E-state index contributed by atoms with van der Waals surface area (Å²) in [6, 6.07) is 7.23. The number of nitro groups is 1. The van der Waals surface area contributed by atoms with Crippen molar-refractivity contribution in [2.24, 2.45) is 0 Å². The zero-order chi connectivity index (χ0) is 17.3. The topological polar surface area (TPSA) is 86.7 Å². The molecule has 3 aromatic rings. The van der Waals surface area contributed by atoms with Gasteiger partial charge in [0, 0.05) is 24.4 Å². The number of pyridine rings is 1. The molecule has 2 heterocycles. The van der Waals surface area contributed by atoms with Gasteiger partial charge in [0.05, 0.1) is 15.6 Å². The summed E-state index contributed by atoms with van der Waals surface area (Å²) in [6.07, 6.45) is 1.42. The van der Waals surface area contributed by atoms with Crippen molar-refractivity contribution >= 4 is 22.9 Å². The van der Waals surface area contributed by atoms with Gasteiger partial charge < -0.3 is 4.74 Å². The molecule has 0 radical (unpaired) electrons. The molecule has 122 valence electrons. The lowest BCUT2D eigenvalue weighted by Gasteiger charge is -2.07. The van der Waals surface area contributed by atoms with Gasteiger partial charge in [0.2, 0.25) is 0 Å². The average Bonchev–Trinajstić information content (AvgIpc) is 2.53. The number of rotatable bonds is 4. The van der Waals surface area contributed by atoms with Gasteiger partial charge in [-0.25, -0.2) is 9.37 Å². The SMILES string of the molecule is O=c1cc(COc2cc(F)ccc2[N+](=O)[O-])nc2ccc(Cl)cn12. The molecule has 9 heteroatoms. The summed E-state index contributed by atoms with van der Waals surface area (Å²) in [5.41, 5.74) is -0.157. The molecule has 1 aromatic carbocycles. The van der Waals surface area contributed by atoms with Crippen LogP contribution in [0.25, 0.3) is 5.65 Å². The molecule has 0 amide bonds. The fourth-order valence-electron chi connectivity index (χ4n) is 2.11. The zero-order valence-corrected chi connectivity index (χ0v) is 12.7. The summed E-state index contributed by atoms with van der Waals surface area (Å²) < 4.78 is 19.8. The quantitative estimate of drug-likeness (QED) is 0.534. The lowest BCUT2D eigenvalue weighted by molar-refractivity contribution is -0.386. The van der Waals surface area contributed by atoms with Crippen LogP contribution in [0.5, 0.6) is 5.75 Å². The smallest absolute Gasteiger partial charge is 0.311 e. The van der Waals surface area contributed by atoms with Crippen LogP contribution in [-0.2, 0) is 6.61 Å². The van der Waals surface area contributed by atoms with Crippen LogP contribution in [0.1, 0.15) is 5.69 Å². The maximum atomic E-state index is 13.3. The number of aromatic nitrogens is 2. The summed E-state index contributed by atoms with van der Waals surface area (Å²) in [7, 11) is 0. The van der Waals surface area contributed by atoms with E-state index in [0.717, 1.165) is 18.2 Å². The lowest BCUT2D eigenvalue weighted by atomic mass is 10.3. The van der Waals surface area contributed by atoms with E-state index >= 15 is 0 Å². The van der Waals surface area contributed by atoms with E-state index < -0.39 is 10.7 Å². The molecule has 2 aromatic heterocycles. The van der Waals surface area contributed by atoms with Gasteiger partial charge >= 0.3 is 5.69 Å². The van der Waals surface area contributed by atoms with E-state index in [4.69, 9.17) is 16.3 Å². The highest BCUT2D eigenvalue weighted by Crippen LogP contribution is 2.28. The third-order valence-corrected chi connectivity index (χ3v) is 3.39. The summed E-state index contributed by atoms with van der Waals surface area (Å²) in [4.78, 5) is 26.5. The van der Waals surface area contributed by atoms with E-state index in [-0.39, 0.29) is 29.3 Å². The number of ether oxygens (including phenoxy) is 1. The maximum Gasteiger partial charge on any atom is 0.311 e. The van der Waals surface area contributed by atoms with Crippen LogP contribution in [0, 0.1) is 15.9 Å². The Bertz CT molecular complexity index is 1010. The second-order valence-corrected chi connectivity index (χ2v) is 5.26. The van der Waals surface area contributed by atoms with E-state index in [0.29, 0.717) is 10.7 Å². The fraction of sp³-hybridized carbons (Fsp3) is 0.0667. The molecule has 3 rings (SSSR count). The molecule has 0 unspecified atom stereocenters. The molecular weight excluding hydrogens is 341 g/mol. The molecule has 7 nitrogen and oxygen atoms in total. The Morgan fingerprint density at radius 3 is 2.83 bits per heavy atom. The van der Waals surface area contributed by atoms with Crippen LogP contribution in [0.3, 0.4) is 0 Å². The van der Waals surface area contributed by atoms with Crippen molar-refractivity contribution < 1.29 is 14.1 Å². The molecule has 0 aliphatic rings. The van der Waals surface area contributed by atoms with Gasteiger partial charge in [-0.05, 0) is 18.2 Å². The highest BCUT2D eigenvalue weighted by molar-refractivity contribution is 6.30. The average molecular weight is 350 g/mol. The van der Waals surface area contributed by atoms with Crippen molar-refractivity contribution in [1.29, 1.82) is 0 Å². The van der Waals surface area contributed by atoms with Gasteiger partial charge in [0.15, 0.2) is 5.75 Å². The second kappa shape index (κ2) is 6.25. The number of hydrogen-bond donors (Lipinski definition) is 0. The highest BCUT2D eigenvalue weighted by Gasteiger charge is 2.16. The van der Waals surface area contributed by atoms with Gasteiger partial charge in [-0.3, -0.25) is 19.3 Å². The normalized spacial score (nSPS) is 10.8. The van der Waals surface area contributed by atoms with Crippen LogP contribution >= 0.6 is 11.6 Å². The first kappa shape index (κ1) is 15.9. The number of nitro benzene ring substituents is 1. The Labute approximate surface area is 139 Å². The monoisotopic (exact) mass is 349 g/mol. The van der Waals surface area contributed by atoms with E-state index in [1.165, 1.54) is 16.7 Å². The highest BCUT2D eigenvalue weighted by atomic mass is 35.5. The molecule has 0 bridgehead atoms. The van der Waals surface area contributed by atoms with E-state index in [1.807, 2.05) is 0 Å². The predicted octanol–water partition coefficient (Wildman–Crippen LogP) is 2.97. The van der Waals surface area contributed by atoms with E-state index in [9.17, 15) is 19.3 Å². The summed E-state index contributed by atoms with van der Waals surface area (Å²) in [5.74, 6) is -0.908. The van der Waals surface area contributed by atoms with E-state index in [1.54, 1.807) is 12.1 Å². The number of hydrogen-bond acceptors (Lipinski definition) is 5. The van der Waals surface area contributed by atoms with Crippen molar-refractivity contribution in [3.05, 3.63) is 79.6 Å². The van der Waals surface area contributed by atoms with Crippen LogP contribution in [0.4, 0.5) is 10.1 Å². The molecule has 0 atom stereocenters. The Morgan fingerprint density at radius 2 is 2.08 bits per heavy atom. The first-order valence-corrected chi connectivity index (χ1v) is 7.06. The Hall–Kier alpha value is -3.00. The minimum Gasteiger partial charge on any atom is -0.480 e. The Balaban J connectivity index is 1.92. The first-order valence-electron chi connectivity index (χ1n) is 6.68. The second-order valence-electron chi connectivity index (χ2n) is 4.82. The molecule has 0 spiro atoms. The predicted molar refractivity (Wildman–Crippen MR) is 83.9 cm³/mol. The lowest BCUT2D eigenvalue weighted by Crippen LogP contribution is -2.16. The molecule has 0 fully saturated rings. The number of benzene rings is 1. The maximum absolute atomic E-state index is 13.3.